The molecular weight excluding hydrogens is 248 g/mol. The average Bonchev–Trinajstić information content (AvgIpc) is 2.81. The molecule has 0 aliphatic carbocycles. The molecule has 1 heterocycles. The Morgan fingerprint density at radius 3 is 2.67 bits per heavy atom. The number of anilines is 1. The number of hydrogen-bond acceptors (Lipinski definition) is 3. The molecule has 0 radical (unpaired) electrons. The number of carbonyl (C=O) groups is 2. The molecule has 0 bridgehead atoms. The monoisotopic (exact) mass is 260 g/mol. The zero-order chi connectivity index (χ0) is 13.0. The van der Waals surface area contributed by atoms with Gasteiger partial charge in [0.25, 0.3) is 5.91 Å². The first-order chi connectivity index (χ1) is 8.65. The van der Waals surface area contributed by atoms with Crippen molar-refractivity contribution in [3.8, 4) is 0 Å². The van der Waals surface area contributed by atoms with E-state index in [4.69, 9.17) is 0 Å². The van der Waals surface area contributed by atoms with Crippen molar-refractivity contribution in [3.05, 3.63) is 52.2 Å². The predicted octanol–water partition coefficient (Wildman–Crippen LogP) is 3.02. The highest BCUT2D eigenvalue weighted by atomic mass is 32.1. The number of benzene rings is 1. The van der Waals surface area contributed by atoms with Crippen LogP contribution in [0.4, 0.5) is 10.5 Å². The molecule has 0 unspecified atom stereocenters. The summed E-state index contributed by atoms with van der Waals surface area (Å²) in [6.07, 6.45) is 0. The molecule has 1 aromatic heterocycles. The number of urea groups is 1. The molecule has 4 nitrogen and oxygen atoms in total. The Kier molecular flexibility index (Phi) is 3.74. The Morgan fingerprint density at radius 2 is 2.00 bits per heavy atom. The van der Waals surface area contributed by atoms with Crippen LogP contribution in [0.15, 0.2) is 41.8 Å². The van der Waals surface area contributed by atoms with E-state index >= 15 is 0 Å². The Labute approximate surface area is 109 Å². The van der Waals surface area contributed by atoms with E-state index in [0.717, 1.165) is 5.56 Å². The van der Waals surface area contributed by atoms with Gasteiger partial charge in [-0.05, 0) is 36.1 Å². The molecule has 3 amide bonds. The number of carbonyl (C=O) groups excluding carboxylic acids is 2. The second-order valence-electron chi connectivity index (χ2n) is 3.76. The lowest BCUT2D eigenvalue weighted by molar-refractivity contribution is 0.0971. The fraction of sp³-hybridized carbons (Fsp3) is 0.0769. The summed E-state index contributed by atoms with van der Waals surface area (Å²) in [6.45, 7) is 1.93. The van der Waals surface area contributed by atoms with Crippen LogP contribution in [0.2, 0.25) is 0 Å². The van der Waals surface area contributed by atoms with Crippen LogP contribution >= 0.6 is 11.3 Å². The normalized spacial score (nSPS) is 9.83. The van der Waals surface area contributed by atoms with Gasteiger partial charge in [-0.25, -0.2) is 4.79 Å². The van der Waals surface area contributed by atoms with Gasteiger partial charge in [-0.3, -0.25) is 10.1 Å². The molecule has 0 aliphatic rings. The minimum atomic E-state index is -0.529. The van der Waals surface area contributed by atoms with E-state index in [1.807, 2.05) is 25.1 Å². The third-order valence-electron chi connectivity index (χ3n) is 2.25. The maximum Gasteiger partial charge on any atom is 0.326 e. The summed E-state index contributed by atoms with van der Waals surface area (Å²) in [5, 5.41) is 6.67. The van der Waals surface area contributed by atoms with Crippen molar-refractivity contribution < 1.29 is 9.59 Å². The molecule has 18 heavy (non-hydrogen) atoms. The lowest BCUT2D eigenvalue weighted by atomic mass is 10.2. The topological polar surface area (TPSA) is 58.2 Å². The molecular formula is C13H12N2O2S. The van der Waals surface area contributed by atoms with E-state index in [2.05, 4.69) is 10.6 Å². The fourth-order valence-electron chi connectivity index (χ4n) is 1.46. The zero-order valence-electron chi connectivity index (χ0n) is 9.77. The Hall–Kier alpha value is -2.14. The van der Waals surface area contributed by atoms with Crippen LogP contribution in [0.25, 0.3) is 0 Å². The highest BCUT2D eigenvalue weighted by molar-refractivity contribution is 7.12. The lowest BCUT2D eigenvalue weighted by Gasteiger charge is -2.06. The molecule has 2 rings (SSSR count). The van der Waals surface area contributed by atoms with Crippen LogP contribution in [0.1, 0.15) is 15.2 Å². The van der Waals surface area contributed by atoms with Crippen molar-refractivity contribution in [1.29, 1.82) is 0 Å². The Balaban J connectivity index is 1.95. The summed E-state index contributed by atoms with van der Waals surface area (Å²) < 4.78 is 0. The van der Waals surface area contributed by atoms with Crippen LogP contribution in [0, 0.1) is 6.92 Å². The van der Waals surface area contributed by atoms with E-state index in [-0.39, 0.29) is 0 Å². The Morgan fingerprint density at radius 1 is 1.17 bits per heavy atom. The van der Waals surface area contributed by atoms with Crippen molar-refractivity contribution in [3.63, 3.8) is 0 Å². The van der Waals surface area contributed by atoms with Crippen LogP contribution in [-0.4, -0.2) is 11.9 Å². The number of nitrogens with one attached hydrogen (secondary N) is 2. The van der Waals surface area contributed by atoms with Gasteiger partial charge in [-0.15, -0.1) is 11.3 Å². The largest absolute Gasteiger partial charge is 0.326 e. The summed E-state index contributed by atoms with van der Waals surface area (Å²) >= 11 is 1.29. The van der Waals surface area contributed by atoms with Gasteiger partial charge in [-0.2, -0.15) is 0 Å². The highest BCUT2D eigenvalue weighted by Gasteiger charge is 2.10. The lowest BCUT2D eigenvalue weighted by Crippen LogP contribution is -2.33. The van der Waals surface area contributed by atoms with Crippen molar-refractivity contribution in [1.82, 2.24) is 5.32 Å². The van der Waals surface area contributed by atoms with Crippen molar-refractivity contribution in [2.24, 2.45) is 0 Å². The van der Waals surface area contributed by atoms with Crippen LogP contribution in [-0.2, 0) is 0 Å². The fourth-order valence-corrected chi connectivity index (χ4v) is 2.08. The molecule has 0 saturated heterocycles. The molecule has 0 aliphatic heterocycles. The van der Waals surface area contributed by atoms with E-state index in [1.165, 1.54) is 11.3 Å². The summed E-state index contributed by atoms with van der Waals surface area (Å²) in [6, 6.07) is 10.3. The first-order valence-corrected chi connectivity index (χ1v) is 6.25. The van der Waals surface area contributed by atoms with Crippen LogP contribution in [0.3, 0.4) is 0 Å². The van der Waals surface area contributed by atoms with Gasteiger partial charge in [0.15, 0.2) is 0 Å². The van der Waals surface area contributed by atoms with Gasteiger partial charge >= 0.3 is 6.03 Å². The predicted molar refractivity (Wildman–Crippen MR) is 72.0 cm³/mol. The third kappa shape index (κ3) is 3.18. The van der Waals surface area contributed by atoms with Gasteiger partial charge in [-0.1, -0.05) is 18.2 Å². The van der Waals surface area contributed by atoms with E-state index < -0.39 is 11.9 Å². The van der Waals surface area contributed by atoms with Crippen molar-refractivity contribution >= 4 is 29.0 Å². The second-order valence-corrected chi connectivity index (χ2v) is 4.70. The number of imide groups is 1. The summed E-state index contributed by atoms with van der Waals surface area (Å²) in [5.41, 5.74) is 1.70. The van der Waals surface area contributed by atoms with Gasteiger partial charge in [0.05, 0.1) is 4.88 Å². The maximum absolute atomic E-state index is 11.6. The SMILES string of the molecule is Cc1cccc(NC(=O)NC(=O)c2cccs2)c1. The molecule has 0 spiro atoms. The number of hydrogen-bond donors (Lipinski definition) is 2. The summed E-state index contributed by atoms with van der Waals surface area (Å²) in [5.74, 6) is -0.393. The first kappa shape index (κ1) is 12.3. The average molecular weight is 260 g/mol. The van der Waals surface area contributed by atoms with Crippen LogP contribution < -0.4 is 10.6 Å². The molecule has 2 N–H and O–H groups in total. The van der Waals surface area contributed by atoms with E-state index in [0.29, 0.717) is 10.6 Å². The molecule has 0 fully saturated rings. The summed E-state index contributed by atoms with van der Waals surface area (Å²) in [4.78, 5) is 23.7. The van der Waals surface area contributed by atoms with Crippen LogP contribution in [0.5, 0.6) is 0 Å². The number of amides is 3. The third-order valence-corrected chi connectivity index (χ3v) is 3.12. The van der Waals surface area contributed by atoms with E-state index in [1.54, 1.807) is 23.6 Å². The quantitative estimate of drug-likeness (QED) is 0.872. The van der Waals surface area contributed by atoms with Crippen molar-refractivity contribution in [2.45, 2.75) is 6.92 Å². The van der Waals surface area contributed by atoms with Gasteiger partial charge in [0.1, 0.15) is 0 Å². The first-order valence-electron chi connectivity index (χ1n) is 5.37. The standard InChI is InChI=1S/C13H12N2O2S/c1-9-4-2-5-10(8-9)14-13(17)15-12(16)11-6-3-7-18-11/h2-8H,1H3,(H2,14,15,16,17). The molecule has 2 aromatic rings. The van der Waals surface area contributed by atoms with Crippen molar-refractivity contribution in [2.75, 3.05) is 5.32 Å². The number of thiophene rings is 1. The molecule has 92 valence electrons. The van der Waals surface area contributed by atoms with Gasteiger partial charge in [0, 0.05) is 5.69 Å². The highest BCUT2D eigenvalue weighted by Crippen LogP contribution is 2.10. The summed E-state index contributed by atoms with van der Waals surface area (Å²) in [7, 11) is 0. The maximum atomic E-state index is 11.6. The zero-order valence-corrected chi connectivity index (χ0v) is 10.6. The van der Waals surface area contributed by atoms with Gasteiger partial charge in [0.2, 0.25) is 0 Å². The molecule has 0 saturated carbocycles. The molecule has 5 heteroatoms. The molecule has 1 aromatic carbocycles. The van der Waals surface area contributed by atoms with E-state index in [9.17, 15) is 9.59 Å². The van der Waals surface area contributed by atoms with Gasteiger partial charge < -0.3 is 5.32 Å². The molecule has 0 atom stereocenters. The smallest absolute Gasteiger partial charge is 0.308 e. The number of aryl methyl sites for hydroxylation is 1. The Bertz CT molecular complexity index is 564. The minimum absolute atomic E-state index is 0.393. The second kappa shape index (κ2) is 5.46. The number of rotatable bonds is 2. The minimum Gasteiger partial charge on any atom is -0.308 e.